The number of fused-ring (bicyclic) bond motifs is 1. The van der Waals surface area contributed by atoms with Crippen LogP contribution >= 0.6 is 0 Å². The average Bonchev–Trinajstić information content (AvgIpc) is 3.07. The SMILES string of the molecule is CCCCC/C(=C\C1=CCCC=C1)COC1OCc2c[nH+]c(C)c(O)c21. The summed E-state index contributed by atoms with van der Waals surface area (Å²) in [6, 6.07) is 0. The zero-order valence-corrected chi connectivity index (χ0v) is 15.9. The molecule has 2 aliphatic rings. The highest BCUT2D eigenvalue weighted by Gasteiger charge is 2.31. The standard InChI is InChI=1S/C22H29NO3/c1-3-4-6-11-18(12-17-9-7-5-8-10-17)14-25-22-20-19(15-26-22)13-23-16(2)21(20)24/h7,9-10,12-13,22,24H,3-6,8,11,14-15H2,1-2H3/p+1/b18-12+. The van der Waals surface area contributed by atoms with Crippen molar-refractivity contribution < 1.29 is 19.6 Å². The molecule has 26 heavy (non-hydrogen) atoms. The Bertz CT molecular complexity index is 718. The Morgan fingerprint density at radius 3 is 3.04 bits per heavy atom. The van der Waals surface area contributed by atoms with Crippen molar-refractivity contribution in [2.45, 2.75) is 65.3 Å². The molecule has 3 rings (SSSR count). The van der Waals surface area contributed by atoms with Crippen LogP contribution in [0.5, 0.6) is 5.75 Å². The molecule has 2 N–H and O–H groups in total. The Morgan fingerprint density at radius 1 is 1.38 bits per heavy atom. The lowest BCUT2D eigenvalue weighted by molar-refractivity contribution is -0.389. The fraction of sp³-hybridized carbons (Fsp3) is 0.500. The molecule has 0 saturated carbocycles. The number of rotatable bonds is 8. The Hall–Kier alpha value is -1.91. The Labute approximate surface area is 156 Å². The number of allylic oxidation sites excluding steroid dienone is 5. The van der Waals surface area contributed by atoms with E-state index in [9.17, 15) is 5.11 Å². The second-order valence-electron chi connectivity index (χ2n) is 7.10. The summed E-state index contributed by atoms with van der Waals surface area (Å²) in [4.78, 5) is 3.06. The minimum absolute atomic E-state index is 0.249. The van der Waals surface area contributed by atoms with E-state index in [0.29, 0.717) is 13.2 Å². The van der Waals surface area contributed by atoms with Crippen molar-refractivity contribution in [1.29, 1.82) is 0 Å². The molecular formula is C22H30NO3+. The third-order valence-corrected chi connectivity index (χ3v) is 4.96. The van der Waals surface area contributed by atoms with Crippen molar-refractivity contribution in [2.24, 2.45) is 0 Å². The minimum atomic E-state index is -0.497. The van der Waals surface area contributed by atoms with Gasteiger partial charge in [-0.25, -0.2) is 4.98 Å². The molecule has 1 atom stereocenters. The first-order chi connectivity index (χ1) is 12.7. The van der Waals surface area contributed by atoms with Crippen molar-refractivity contribution in [3.05, 3.63) is 58.5 Å². The van der Waals surface area contributed by atoms with Crippen LogP contribution in [-0.2, 0) is 16.1 Å². The molecule has 1 aromatic heterocycles. The van der Waals surface area contributed by atoms with Gasteiger partial charge in [-0.05, 0) is 36.8 Å². The molecular weight excluding hydrogens is 326 g/mol. The smallest absolute Gasteiger partial charge is 0.219 e. The van der Waals surface area contributed by atoms with E-state index in [4.69, 9.17) is 9.47 Å². The molecule has 4 heteroatoms. The largest absolute Gasteiger partial charge is 0.502 e. The van der Waals surface area contributed by atoms with Gasteiger partial charge in [0.1, 0.15) is 0 Å². The van der Waals surface area contributed by atoms with Gasteiger partial charge in [-0.3, -0.25) is 0 Å². The van der Waals surface area contributed by atoms with Crippen molar-refractivity contribution >= 4 is 0 Å². The number of aromatic hydroxyl groups is 1. The Kier molecular flexibility index (Phi) is 6.64. The molecule has 0 bridgehead atoms. The number of aryl methyl sites for hydroxylation is 1. The molecule has 2 heterocycles. The van der Waals surface area contributed by atoms with Gasteiger partial charge >= 0.3 is 0 Å². The molecule has 0 fully saturated rings. The molecule has 1 aliphatic carbocycles. The van der Waals surface area contributed by atoms with E-state index in [1.807, 2.05) is 13.1 Å². The maximum Gasteiger partial charge on any atom is 0.219 e. The van der Waals surface area contributed by atoms with E-state index in [2.05, 4.69) is 36.2 Å². The maximum atomic E-state index is 10.4. The average molecular weight is 356 g/mol. The van der Waals surface area contributed by atoms with Crippen molar-refractivity contribution in [3.8, 4) is 5.75 Å². The number of ether oxygens (including phenoxy) is 2. The van der Waals surface area contributed by atoms with Gasteiger partial charge in [0, 0.05) is 6.92 Å². The first-order valence-corrected chi connectivity index (χ1v) is 9.71. The lowest BCUT2D eigenvalue weighted by Crippen LogP contribution is -2.11. The molecule has 140 valence electrons. The molecule has 0 radical (unpaired) electrons. The summed E-state index contributed by atoms with van der Waals surface area (Å²) in [5, 5.41) is 10.4. The molecule has 1 unspecified atom stereocenters. The van der Waals surface area contributed by atoms with Crippen molar-refractivity contribution in [3.63, 3.8) is 0 Å². The zero-order chi connectivity index (χ0) is 18.4. The topological polar surface area (TPSA) is 52.8 Å². The van der Waals surface area contributed by atoms with Crippen LogP contribution in [-0.4, -0.2) is 11.7 Å². The number of pyridine rings is 1. The number of nitrogens with one attached hydrogen (secondary N) is 1. The first-order valence-electron chi connectivity index (χ1n) is 9.71. The maximum absolute atomic E-state index is 10.4. The predicted octanol–water partition coefficient (Wildman–Crippen LogP) is 4.84. The summed E-state index contributed by atoms with van der Waals surface area (Å²) in [6.07, 6.45) is 17.2. The summed E-state index contributed by atoms with van der Waals surface area (Å²) >= 11 is 0. The van der Waals surface area contributed by atoms with Crippen LogP contribution in [0.3, 0.4) is 0 Å². The summed E-state index contributed by atoms with van der Waals surface area (Å²) in [5.41, 5.74) is 5.02. The second-order valence-corrected chi connectivity index (χ2v) is 7.10. The number of aromatic nitrogens is 1. The van der Waals surface area contributed by atoms with E-state index in [1.165, 1.54) is 30.4 Å². The Morgan fingerprint density at radius 2 is 2.27 bits per heavy atom. The van der Waals surface area contributed by atoms with E-state index >= 15 is 0 Å². The van der Waals surface area contributed by atoms with E-state index in [0.717, 1.165) is 36.1 Å². The van der Waals surface area contributed by atoms with Crippen LogP contribution in [0.15, 0.2) is 41.6 Å². The Balaban J connectivity index is 1.69. The fourth-order valence-corrected chi connectivity index (χ4v) is 3.41. The molecule has 0 spiro atoms. The van der Waals surface area contributed by atoms with E-state index in [1.54, 1.807) is 0 Å². The summed E-state index contributed by atoms with van der Waals surface area (Å²) in [7, 11) is 0. The van der Waals surface area contributed by atoms with Crippen LogP contribution in [0.25, 0.3) is 0 Å². The third kappa shape index (κ3) is 4.63. The number of unbranched alkanes of at least 4 members (excludes halogenated alkanes) is 2. The van der Waals surface area contributed by atoms with Crippen LogP contribution in [0.4, 0.5) is 0 Å². The highest BCUT2D eigenvalue weighted by Crippen LogP contribution is 2.38. The number of aromatic amines is 1. The predicted molar refractivity (Wildman–Crippen MR) is 102 cm³/mol. The molecule has 4 nitrogen and oxygen atoms in total. The van der Waals surface area contributed by atoms with Crippen LogP contribution in [0.1, 0.15) is 68.6 Å². The first kappa shape index (κ1) is 18.9. The fourth-order valence-electron chi connectivity index (χ4n) is 3.41. The number of H-pyrrole nitrogens is 1. The lowest BCUT2D eigenvalue weighted by atomic mass is 10.0. The van der Waals surface area contributed by atoms with Crippen LogP contribution in [0, 0.1) is 6.92 Å². The normalized spacial score (nSPS) is 19.5. The summed E-state index contributed by atoms with van der Waals surface area (Å²) in [6.45, 7) is 5.06. The van der Waals surface area contributed by atoms with Crippen LogP contribution in [0.2, 0.25) is 0 Å². The molecule has 0 aromatic carbocycles. The molecule has 0 amide bonds. The van der Waals surface area contributed by atoms with Gasteiger partial charge in [-0.15, -0.1) is 0 Å². The number of hydrogen-bond donors (Lipinski definition) is 1. The third-order valence-electron chi connectivity index (χ3n) is 4.96. The van der Waals surface area contributed by atoms with Crippen LogP contribution < -0.4 is 4.98 Å². The van der Waals surface area contributed by atoms with Gasteiger partial charge in [0.05, 0.1) is 24.3 Å². The van der Waals surface area contributed by atoms with Gasteiger partial charge in [0.15, 0.2) is 18.2 Å². The van der Waals surface area contributed by atoms with Gasteiger partial charge in [0.2, 0.25) is 5.69 Å². The number of hydrogen-bond acceptors (Lipinski definition) is 3. The van der Waals surface area contributed by atoms with Crippen molar-refractivity contribution in [1.82, 2.24) is 0 Å². The molecule has 1 aliphatic heterocycles. The summed E-state index contributed by atoms with van der Waals surface area (Å²) in [5.74, 6) is 0.249. The lowest BCUT2D eigenvalue weighted by Gasteiger charge is -2.16. The highest BCUT2D eigenvalue weighted by molar-refractivity contribution is 5.41. The monoisotopic (exact) mass is 356 g/mol. The quantitative estimate of drug-likeness (QED) is 0.678. The molecule has 0 saturated heterocycles. The van der Waals surface area contributed by atoms with Gasteiger partial charge in [-0.2, -0.15) is 0 Å². The summed E-state index contributed by atoms with van der Waals surface area (Å²) < 4.78 is 11.9. The van der Waals surface area contributed by atoms with Gasteiger partial charge in [0.25, 0.3) is 0 Å². The van der Waals surface area contributed by atoms with Gasteiger partial charge < -0.3 is 14.6 Å². The van der Waals surface area contributed by atoms with Gasteiger partial charge in [-0.1, -0.05) is 44.1 Å². The zero-order valence-electron chi connectivity index (χ0n) is 15.9. The molecule has 1 aromatic rings. The van der Waals surface area contributed by atoms with E-state index in [-0.39, 0.29) is 5.75 Å². The second kappa shape index (κ2) is 9.15. The minimum Gasteiger partial charge on any atom is -0.502 e. The van der Waals surface area contributed by atoms with E-state index < -0.39 is 6.29 Å². The highest BCUT2D eigenvalue weighted by atomic mass is 16.7. The van der Waals surface area contributed by atoms with Crippen molar-refractivity contribution in [2.75, 3.05) is 6.61 Å².